The number of hydrogen-bond donors (Lipinski definition) is 2. The number of carbonyl (C=O) groups is 2. The third-order valence-electron chi connectivity index (χ3n) is 4.08. The summed E-state index contributed by atoms with van der Waals surface area (Å²) >= 11 is 7.58. The molecule has 5 nitrogen and oxygen atoms in total. The van der Waals surface area contributed by atoms with E-state index < -0.39 is 11.8 Å². The summed E-state index contributed by atoms with van der Waals surface area (Å²) in [6, 6.07) is 21.7. The predicted octanol–water partition coefficient (Wildman–Crippen LogP) is 4.72. The molecule has 7 heteroatoms. The Bertz CT molecular complexity index is 992. The summed E-state index contributed by atoms with van der Waals surface area (Å²) in [7, 11) is 1.48. The molecule has 0 radical (unpaired) electrons. The molecule has 0 bridgehead atoms. The standard InChI is InChI=1S/C22H19ClN2O3S/c1-28-20-5-3-2-4-19(20)22(27)25-24-21(26)16-8-6-15(7-9-16)14-29-18-12-10-17(23)11-13-18/h2-13H,14H2,1H3,(H,24,26)(H,25,27). The number of ether oxygens (including phenoxy) is 1. The predicted molar refractivity (Wildman–Crippen MR) is 115 cm³/mol. The van der Waals surface area contributed by atoms with Gasteiger partial charge in [-0.1, -0.05) is 35.9 Å². The minimum Gasteiger partial charge on any atom is -0.496 e. The van der Waals surface area contributed by atoms with Crippen molar-refractivity contribution in [3.8, 4) is 5.75 Å². The van der Waals surface area contributed by atoms with Crippen LogP contribution in [0.4, 0.5) is 0 Å². The lowest BCUT2D eigenvalue weighted by Gasteiger charge is -2.10. The molecule has 148 valence electrons. The Morgan fingerprint density at radius 3 is 2.24 bits per heavy atom. The average molecular weight is 427 g/mol. The Morgan fingerprint density at radius 1 is 0.897 bits per heavy atom. The monoisotopic (exact) mass is 426 g/mol. The normalized spacial score (nSPS) is 10.3. The number of thioether (sulfide) groups is 1. The molecule has 0 saturated carbocycles. The van der Waals surface area contributed by atoms with Gasteiger partial charge in [0.1, 0.15) is 5.75 Å². The van der Waals surface area contributed by atoms with Gasteiger partial charge in [0.2, 0.25) is 0 Å². The van der Waals surface area contributed by atoms with Crippen LogP contribution in [-0.2, 0) is 5.75 Å². The average Bonchev–Trinajstić information content (AvgIpc) is 2.77. The molecule has 2 amide bonds. The number of hydrazine groups is 1. The first-order chi connectivity index (χ1) is 14.1. The number of para-hydroxylation sites is 1. The van der Waals surface area contributed by atoms with Crippen molar-refractivity contribution in [3.05, 3.63) is 94.5 Å². The molecule has 0 aliphatic carbocycles. The molecule has 0 aliphatic heterocycles. The number of amides is 2. The van der Waals surface area contributed by atoms with Crippen molar-refractivity contribution >= 4 is 35.2 Å². The van der Waals surface area contributed by atoms with Crippen molar-refractivity contribution in [1.82, 2.24) is 10.9 Å². The first kappa shape index (κ1) is 20.8. The van der Waals surface area contributed by atoms with Crippen molar-refractivity contribution in [2.24, 2.45) is 0 Å². The van der Waals surface area contributed by atoms with E-state index in [4.69, 9.17) is 16.3 Å². The number of hydrogen-bond acceptors (Lipinski definition) is 4. The van der Waals surface area contributed by atoms with Gasteiger partial charge >= 0.3 is 0 Å². The molecule has 3 rings (SSSR count). The fourth-order valence-electron chi connectivity index (χ4n) is 2.54. The second-order valence-electron chi connectivity index (χ2n) is 6.05. The quantitative estimate of drug-likeness (QED) is 0.442. The van der Waals surface area contributed by atoms with E-state index in [2.05, 4.69) is 10.9 Å². The fraction of sp³-hybridized carbons (Fsp3) is 0.0909. The minimum atomic E-state index is -0.452. The Hall–Kier alpha value is -2.96. The van der Waals surface area contributed by atoms with Crippen molar-refractivity contribution in [3.63, 3.8) is 0 Å². The summed E-state index contributed by atoms with van der Waals surface area (Å²) in [6.07, 6.45) is 0. The highest BCUT2D eigenvalue weighted by Crippen LogP contribution is 2.24. The zero-order chi connectivity index (χ0) is 20.6. The maximum atomic E-state index is 12.3. The molecule has 0 aliphatic rings. The lowest BCUT2D eigenvalue weighted by Crippen LogP contribution is -2.41. The van der Waals surface area contributed by atoms with Gasteiger partial charge in [0.25, 0.3) is 11.8 Å². The first-order valence-electron chi connectivity index (χ1n) is 8.78. The molecule has 0 aromatic heterocycles. The largest absolute Gasteiger partial charge is 0.496 e. The van der Waals surface area contributed by atoms with E-state index in [1.807, 2.05) is 36.4 Å². The number of benzene rings is 3. The molecule has 0 spiro atoms. The van der Waals surface area contributed by atoms with E-state index in [0.717, 1.165) is 16.2 Å². The highest BCUT2D eigenvalue weighted by Gasteiger charge is 2.13. The Balaban J connectivity index is 1.53. The number of methoxy groups -OCH3 is 1. The van der Waals surface area contributed by atoms with Crippen LogP contribution in [0.5, 0.6) is 5.75 Å². The summed E-state index contributed by atoms with van der Waals surface area (Å²) < 4.78 is 5.15. The van der Waals surface area contributed by atoms with Crippen LogP contribution < -0.4 is 15.6 Å². The van der Waals surface area contributed by atoms with Crippen molar-refractivity contribution in [2.45, 2.75) is 10.6 Å². The fourth-order valence-corrected chi connectivity index (χ4v) is 3.52. The third kappa shape index (κ3) is 5.76. The zero-order valence-corrected chi connectivity index (χ0v) is 17.2. The highest BCUT2D eigenvalue weighted by molar-refractivity contribution is 7.98. The maximum Gasteiger partial charge on any atom is 0.273 e. The smallest absolute Gasteiger partial charge is 0.273 e. The molecule has 3 aromatic carbocycles. The molecule has 29 heavy (non-hydrogen) atoms. The Morgan fingerprint density at radius 2 is 1.55 bits per heavy atom. The van der Waals surface area contributed by atoms with Gasteiger partial charge in [0.05, 0.1) is 12.7 Å². The van der Waals surface area contributed by atoms with Crippen LogP contribution in [0.1, 0.15) is 26.3 Å². The van der Waals surface area contributed by atoms with Crippen LogP contribution in [0.3, 0.4) is 0 Å². The number of rotatable bonds is 6. The van der Waals surface area contributed by atoms with Crippen molar-refractivity contribution in [2.75, 3.05) is 7.11 Å². The van der Waals surface area contributed by atoms with Crippen molar-refractivity contribution < 1.29 is 14.3 Å². The van der Waals surface area contributed by atoms with Gasteiger partial charge < -0.3 is 4.74 Å². The van der Waals surface area contributed by atoms with Crippen LogP contribution in [0.25, 0.3) is 0 Å². The van der Waals surface area contributed by atoms with E-state index in [9.17, 15) is 9.59 Å². The van der Waals surface area contributed by atoms with Gasteiger partial charge in [-0.25, -0.2) is 0 Å². The molecule has 3 aromatic rings. The van der Waals surface area contributed by atoms with Gasteiger partial charge in [-0.15, -0.1) is 11.8 Å². The summed E-state index contributed by atoms with van der Waals surface area (Å²) in [5, 5.41) is 0.711. The van der Waals surface area contributed by atoms with Crippen LogP contribution >= 0.6 is 23.4 Å². The SMILES string of the molecule is COc1ccccc1C(=O)NNC(=O)c1ccc(CSc2ccc(Cl)cc2)cc1. The van der Waals surface area contributed by atoms with E-state index in [-0.39, 0.29) is 0 Å². The second-order valence-corrected chi connectivity index (χ2v) is 7.53. The van der Waals surface area contributed by atoms with E-state index in [1.54, 1.807) is 48.2 Å². The molecule has 0 heterocycles. The highest BCUT2D eigenvalue weighted by atomic mass is 35.5. The summed E-state index contributed by atoms with van der Waals surface area (Å²) in [6.45, 7) is 0. The Labute approximate surface area is 178 Å². The number of carbonyl (C=O) groups excluding carboxylic acids is 2. The summed E-state index contributed by atoms with van der Waals surface area (Å²) in [5.74, 6) is 0.354. The third-order valence-corrected chi connectivity index (χ3v) is 5.41. The van der Waals surface area contributed by atoms with Gasteiger partial charge in [-0.3, -0.25) is 20.4 Å². The lowest BCUT2D eigenvalue weighted by atomic mass is 10.1. The zero-order valence-electron chi connectivity index (χ0n) is 15.6. The summed E-state index contributed by atoms with van der Waals surface area (Å²) in [5.41, 5.74) is 6.69. The minimum absolute atomic E-state index is 0.338. The summed E-state index contributed by atoms with van der Waals surface area (Å²) in [4.78, 5) is 25.6. The van der Waals surface area contributed by atoms with Gasteiger partial charge in [0.15, 0.2) is 0 Å². The maximum absolute atomic E-state index is 12.3. The van der Waals surface area contributed by atoms with Gasteiger partial charge in [-0.05, 0) is 54.1 Å². The van der Waals surface area contributed by atoms with Crippen LogP contribution in [-0.4, -0.2) is 18.9 Å². The van der Waals surface area contributed by atoms with Gasteiger partial charge in [0, 0.05) is 21.2 Å². The molecule has 0 saturated heterocycles. The first-order valence-corrected chi connectivity index (χ1v) is 10.1. The molecule has 0 unspecified atom stereocenters. The van der Waals surface area contributed by atoms with Crippen LogP contribution in [0, 0.1) is 0 Å². The molecule has 2 N–H and O–H groups in total. The number of nitrogens with one attached hydrogen (secondary N) is 2. The lowest BCUT2D eigenvalue weighted by molar-refractivity contribution is 0.0845. The molecule has 0 atom stereocenters. The van der Waals surface area contributed by atoms with E-state index in [1.165, 1.54) is 7.11 Å². The van der Waals surface area contributed by atoms with Crippen LogP contribution in [0.15, 0.2) is 77.7 Å². The number of halogens is 1. The van der Waals surface area contributed by atoms with E-state index in [0.29, 0.717) is 21.9 Å². The Kier molecular flexibility index (Phi) is 7.16. The van der Waals surface area contributed by atoms with Crippen LogP contribution in [0.2, 0.25) is 5.02 Å². The van der Waals surface area contributed by atoms with Gasteiger partial charge in [-0.2, -0.15) is 0 Å². The van der Waals surface area contributed by atoms with Crippen molar-refractivity contribution in [1.29, 1.82) is 0 Å². The molecular formula is C22H19ClN2O3S. The van der Waals surface area contributed by atoms with E-state index >= 15 is 0 Å². The topological polar surface area (TPSA) is 67.4 Å². The molecular weight excluding hydrogens is 408 g/mol. The second kappa shape index (κ2) is 10.0. The molecule has 0 fully saturated rings.